The highest BCUT2D eigenvalue weighted by molar-refractivity contribution is 14.1. The molecule has 0 N–H and O–H groups in total. The lowest BCUT2D eigenvalue weighted by molar-refractivity contribution is 1.17. The molecule has 0 atom stereocenters. The number of rotatable bonds is 0. The van der Waals surface area contributed by atoms with Crippen LogP contribution < -0.4 is 5.56 Å². The van der Waals surface area contributed by atoms with Crippen molar-refractivity contribution < 1.29 is 0 Å². The van der Waals surface area contributed by atoms with Gasteiger partial charge in [-0.3, -0.25) is 7.58 Å². The van der Waals surface area contributed by atoms with Crippen LogP contribution in [0.4, 0.5) is 0 Å². The van der Waals surface area contributed by atoms with E-state index in [2.05, 4.69) is 0 Å². The average Bonchev–Trinajstić information content (AvgIpc) is 1.80. The van der Waals surface area contributed by atoms with Gasteiger partial charge in [0.15, 0.2) is 0 Å². The van der Waals surface area contributed by atoms with Crippen LogP contribution in [0.1, 0.15) is 5.56 Å². The molecule has 0 radical (unpaired) electrons. The first-order chi connectivity index (χ1) is 4.20. The number of hydrogen-bond donors (Lipinski definition) is 0. The van der Waals surface area contributed by atoms with Gasteiger partial charge in [-0.05, 0) is 18.6 Å². The van der Waals surface area contributed by atoms with Crippen molar-refractivity contribution in [3.8, 4) is 0 Å². The van der Waals surface area contributed by atoms with Crippen LogP contribution in [0.2, 0.25) is 0 Å². The van der Waals surface area contributed by atoms with E-state index >= 15 is 0 Å². The van der Waals surface area contributed by atoms with E-state index in [9.17, 15) is 4.79 Å². The fraction of sp³-hybridized carbons (Fsp3) is 0.167. The van der Waals surface area contributed by atoms with Crippen molar-refractivity contribution >= 4 is 22.9 Å². The van der Waals surface area contributed by atoms with Crippen LogP contribution in [0.15, 0.2) is 23.1 Å². The highest BCUT2D eigenvalue weighted by Gasteiger charge is 1.88. The molecule has 0 aliphatic heterocycles. The Balaban J connectivity index is 3.34. The third-order valence-electron chi connectivity index (χ3n) is 1.03. The summed E-state index contributed by atoms with van der Waals surface area (Å²) < 4.78 is 1.52. The van der Waals surface area contributed by atoms with Gasteiger partial charge >= 0.3 is 0 Å². The fourth-order valence-electron chi connectivity index (χ4n) is 0.561. The number of aromatic nitrogens is 1. The van der Waals surface area contributed by atoms with Crippen LogP contribution >= 0.6 is 22.9 Å². The van der Waals surface area contributed by atoms with E-state index in [0.717, 1.165) is 5.56 Å². The molecule has 0 aliphatic carbocycles. The molecule has 0 saturated carbocycles. The van der Waals surface area contributed by atoms with Crippen LogP contribution in [0.5, 0.6) is 0 Å². The topological polar surface area (TPSA) is 22.0 Å². The van der Waals surface area contributed by atoms with E-state index in [1.54, 1.807) is 12.3 Å². The lowest BCUT2D eigenvalue weighted by Gasteiger charge is -1.91. The van der Waals surface area contributed by atoms with Crippen LogP contribution in [0.25, 0.3) is 0 Å². The Morgan fingerprint density at radius 2 is 2.33 bits per heavy atom. The number of aryl methyl sites for hydroxylation is 1. The van der Waals surface area contributed by atoms with Crippen molar-refractivity contribution in [2.75, 3.05) is 0 Å². The van der Waals surface area contributed by atoms with Crippen molar-refractivity contribution in [3.63, 3.8) is 0 Å². The molecule has 0 saturated heterocycles. The summed E-state index contributed by atoms with van der Waals surface area (Å²) in [6, 6.07) is 3.50. The van der Waals surface area contributed by atoms with E-state index in [1.165, 1.54) is 2.78 Å². The van der Waals surface area contributed by atoms with Crippen LogP contribution in [-0.2, 0) is 0 Å². The number of nitrogens with zero attached hydrogens (tertiary/aromatic N) is 1. The summed E-state index contributed by atoms with van der Waals surface area (Å²) in [7, 11) is 0. The van der Waals surface area contributed by atoms with E-state index in [4.69, 9.17) is 0 Å². The second kappa shape index (κ2) is 2.51. The van der Waals surface area contributed by atoms with Gasteiger partial charge in [0.05, 0.1) is 22.9 Å². The van der Waals surface area contributed by atoms with Gasteiger partial charge in [0.2, 0.25) is 0 Å². The molecule has 48 valence electrons. The molecule has 1 heterocycles. The first-order valence-electron chi connectivity index (χ1n) is 2.55. The van der Waals surface area contributed by atoms with Gasteiger partial charge in [-0.1, -0.05) is 0 Å². The van der Waals surface area contributed by atoms with Gasteiger partial charge < -0.3 is 0 Å². The molecule has 1 aromatic rings. The highest BCUT2D eigenvalue weighted by atomic mass is 127. The molecule has 0 aliphatic rings. The molecule has 0 unspecified atom stereocenters. The van der Waals surface area contributed by atoms with Crippen LogP contribution in [0.3, 0.4) is 0 Å². The van der Waals surface area contributed by atoms with Crippen molar-refractivity contribution in [1.82, 2.24) is 2.78 Å². The molecule has 3 heteroatoms. The molecule has 1 rings (SSSR count). The maximum atomic E-state index is 10.8. The second-order valence-electron chi connectivity index (χ2n) is 1.85. The first kappa shape index (κ1) is 6.80. The summed E-state index contributed by atoms with van der Waals surface area (Å²) in [6.07, 6.45) is 1.75. The quantitative estimate of drug-likeness (QED) is 0.622. The predicted molar refractivity (Wildman–Crippen MR) is 44.9 cm³/mol. The SMILES string of the molecule is Cc1ccn(I)c(=O)c1. The zero-order chi connectivity index (χ0) is 6.85. The summed E-state index contributed by atoms with van der Waals surface area (Å²) >= 11 is 1.95. The minimum Gasteiger partial charge on any atom is -0.269 e. The Morgan fingerprint density at radius 3 is 2.78 bits per heavy atom. The van der Waals surface area contributed by atoms with Gasteiger partial charge in [0, 0.05) is 12.3 Å². The largest absolute Gasteiger partial charge is 0.269 e. The standard InChI is InChI=1S/C6H6INO/c1-5-2-3-8(7)6(9)4-5/h2-4H,1H3. The third kappa shape index (κ3) is 1.54. The molecule has 0 spiro atoms. The molecule has 0 bridgehead atoms. The Kier molecular flexibility index (Phi) is 1.90. The van der Waals surface area contributed by atoms with Gasteiger partial charge in [-0.25, -0.2) is 0 Å². The van der Waals surface area contributed by atoms with Gasteiger partial charge in [-0.15, -0.1) is 0 Å². The summed E-state index contributed by atoms with van der Waals surface area (Å²) in [5, 5.41) is 0. The normalized spacial score (nSPS) is 9.56. The summed E-state index contributed by atoms with van der Waals surface area (Å²) in [6.45, 7) is 1.90. The number of halogens is 1. The average molecular weight is 235 g/mol. The molecule has 0 aromatic carbocycles. The molecule has 0 amide bonds. The second-order valence-corrected chi connectivity index (χ2v) is 2.89. The Morgan fingerprint density at radius 1 is 1.67 bits per heavy atom. The zero-order valence-electron chi connectivity index (χ0n) is 4.97. The highest BCUT2D eigenvalue weighted by Crippen LogP contribution is 1.92. The Bertz CT molecular complexity index is 266. The molecular weight excluding hydrogens is 229 g/mol. The fourth-order valence-corrected chi connectivity index (χ4v) is 0.861. The third-order valence-corrected chi connectivity index (χ3v) is 1.83. The van der Waals surface area contributed by atoms with Crippen molar-refractivity contribution in [2.24, 2.45) is 0 Å². The predicted octanol–water partition coefficient (Wildman–Crippen LogP) is 1.35. The van der Waals surface area contributed by atoms with Crippen molar-refractivity contribution in [2.45, 2.75) is 6.92 Å². The monoisotopic (exact) mass is 235 g/mol. The van der Waals surface area contributed by atoms with E-state index in [0.29, 0.717) is 0 Å². The van der Waals surface area contributed by atoms with Crippen molar-refractivity contribution in [1.29, 1.82) is 0 Å². The van der Waals surface area contributed by atoms with Gasteiger partial charge in [0.1, 0.15) is 0 Å². The lowest BCUT2D eigenvalue weighted by Crippen LogP contribution is -2.09. The summed E-state index contributed by atoms with van der Waals surface area (Å²) in [4.78, 5) is 10.8. The number of pyridine rings is 1. The molecule has 2 nitrogen and oxygen atoms in total. The zero-order valence-corrected chi connectivity index (χ0v) is 7.12. The number of hydrogen-bond acceptors (Lipinski definition) is 1. The van der Waals surface area contributed by atoms with Gasteiger partial charge in [0.25, 0.3) is 5.56 Å². The van der Waals surface area contributed by atoms with Crippen LogP contribution in [-0.4, -0.2) is 2.78 Å². The molecule has 9 heavy (non-hydrogen) atoms. The first-order valence-corrected chi connectivity index (χ1v) is 3.52. The maximum Gasteiger partial charge on any atom is 0.259 e. The minimum absolute atomic E-state index is 0.0376. The molecule has 0 fully saturated rings. The lowest BCUT2D eigenvalue weighted by atomic mass is 10.3. The van der Waals surface area contributed by atoms with E-state index in [1.807, 2.05) is 35.9 Å². The van der Waals surface area contributed by atoms with E-state index in [-0.39, 0.29) is 5.56 Å². The smallest absolute Gasteiger partial charge is 0.259 e. The maximum absolute atomic E-state index is 10.8. The minimum atomic E-state index is 0.0376. The van der Waals surface area contributed by atoms with Crippen LogP contribution in [0, 0.1) is 6.92 Å². The summed E-state index contributed by atoms with van der Waals surface area (Å²) in [5.41, 5.74) is 1.04. The summed E-state index contributed by atoms with van der Waals surface area (Å²) in [5.74, 6) is 0. The Hall–Kier alpha value is -0.320. The van der Waals surface area contributed by atoms with Crippen molar-refractivity contribution in [3.05, 3.63) is 34.2 Å². The molecule has 1 aromatic heterocycles. The Labute approximate surface area is 67.0 Å². The van der Waals surface area contributed by atoms with E-state index < -0.39 is 0 Å². The molecular formula is C6H6INO. The van der Waals surface area contributed by atoms with Gasteiger partial charge in [-0.2, -0.15) is 0 Å².